The van der Waals surface area contributed by atoms with Crippen LogP contribution in [0.5, 0.6) is 0 Å². The molecule has 0 aromatic carbocycles. The third-order valence-corrected chi connectivity index (χ3v) is 3.37. The summed E-state index contributed by atoms with van der Waals surface area (Å²) in [6.45, 7) is 7.13. The van der Waals surface area contributed by atoms with Crippen LogP contribution in [0.3, 0.4) is 0 Å². The number of hydrogen-bond donors (Lipinski definition) is 2. The van der Waals surface area contributed by atoms with Crippen LogP contribution >= 0.6 is 0 Å². The minimum atomic E-state index is 0.344. The van der Waals surface area contributed by atoms with Crippen LogP contribution in [0.25, 0.3) is 0 Å². The van der Waals surface area contributed by atoms with Gasteiger partial charge in [-0.3, -0.25) is 0 Å². The lowest BCUT2D eigenvalue weighted by molar-refractivity contribution is 0.176. The average molecular weight is 215 g/mol. The summed E-state index contributed by atoms with van der Waals surface area (Å²) in [4.78, 5) is 0. The molecule has 92 valence electrons. The monoisotopic (exact) mass is 215 g/mol. The van der Waals surface area contributed by atoms with E-state index in [2.05, 4.69) is 33.1 Å². The fourth-order valence-corrected chi connectivity index (χ4v) is 2.19. The molecule has 15 heavy (non-hydrogen) atoms. The number of rotatable bonds is 3. The Hall–Kier alpha value is -0.0800. The van der Waals surface area contributed by atoms with Crippen molar-refractivity contribution in [3.63, 3.8) is 0 Å². The Labute approximate surface area is 95.5 Å². The zero-order valence-electron chi connectivity index (χ0n) is 11.0. The molecule has 1 fully saturated rings. The lowest BCUT2D eigenvalue weighted by atomic mass is 9.73. The summed E-state index contributed by atoms with van der Waals surface area (Å²) < 4.78 is 0. The summed E-state index contributed by atoms with van der Waals surface area (Å²) >= 11 is 0. The number of unbranched alkanes of at least 4 members (excludes halogenated alkanes) is 1. The van der Waals surface area contributed by atoms with Gasteiger partial charge < -0.3 is 10.4 Å². The Kier molecular flexibility index (Phi) is 8.07. The van der Waals surface area contributed by atoms with Gasteiger partial charge in [-0.25, -0.2) is 0 Å². The fraction of sp³-hybridized carbons (Fsp3) is 1.00. The zero-order chi connectivity index (χ0) is 11.7. The van der Waals surface area contributed by atoms with Gasteiger partial charge in [0.25, 0.3) is 0 Å². The van der Waals surface area contributed by atoms with Crippen LogP contribution in [0.4, 0.5) is 0 Å². The van der Waals surface area contributed by atoms with E-state index in [1.807, 2.05) is 0 Å². The molecule has 0 aromatic heterocycles. The molecule has 1 aliphatic rings. The van der Waals surface area contributed by atoms with E-state index < -0.39 is 0 Å². The van der Waals surface area contributed by atoms with E-state index in [9.17, 15) is 0 Å². The SMILES string of the molecule is CCCCO.CNC1CCCCC1(C)C. The molecule has 0 heterocycles. The second-order valence-electron chi connectivity index (χ2n) is 5.15. The maximum atomic E-state index is 8.07. The number of aliphatic hydroxyl groups excluding tert-OH is 1. The predicted octanol–water partition coefficient (Wildman–Crippen LogP) is 2.95. The van der Waals surface area contributed by atoms with Crippen molar-refractivity contribution < 1.29 is 5.11 Å². The van der Waals surface area contributed by atoms with Gasteiger partial charge in [-0.2, -0.15) is 0 Å². The van der Waals surface area contributed by atoms with Crippen LogP contribution in [-0.4, -0.2) is 24.8 Å². The van der Waals surface area contributed by atoms with Crippen molar-refractivity contribution in [1.29, 1.82) is 0 Å². The molecule has 1 saturated carbocycles. The highest BCUT2D eigenvalue weighted by Gasteiger charge is 2.30. The Morgan fingerprint density at radius 1 is 1.33 bits per heavy atom. The summed E-state index contributed by atoms with van der Waals surface area (Å²) in [6, 6.07) is 0.751. The van der Waals surface area contributed by atoms with Crippen LogP contribution in [0.2, 0.25) is 0 Å². The molecule has 0 aliphatic heterocycles. The largest absolute Gasteiger partial charge is 0.396 e. The van der Waals surface area contributed by atoms with Gasteiger partial charge in [0.1, 0.15) is 0 Å². The summed E-state index contributed by atoms with van der Waals surface area (Å²) in [6.07, 6.45) is 7.62. The highest BCUT2D eigenvalue weighted by atomic mass is 16.2. The van der Waals surface area contributed by atoms with E-state index in [0.717, 1.165) is 18.9 Å². The first-order valence-electron chi connectivity index (χ1n) is 6.36. The van der Waals surface area contributed by atoms with E-state index in [4.69, 9.17) is 5.11 Å². The highest BCUT2D eigenvalue weighted by molar-refractivity contribution is 4.86. The molecule has 1 aliphatic carbocycles. The minimum absolute atomic E-state index is 0.344. The quantitative estimate of drug-likeness (QED) is 0.758. The van der Waals surface area contributed by atoms with Gasteiger partial charge in [0.2, 0.25) is 0 Å². The van der Waals surface area contributed by atoms with Gasteiger partial charge >= 0.3 is 0 Å². The lowest BCUT2D eigenvalue weighted by Gasteiger charge is -2.38. The topological polar surface area (TPSA) is 32.3 Å². The van der Waals surface area contributed by atoms with Crippen molar-refractivity contribution in [3.05, 3.63) is 0 Å². The van der Waals surface area contributed by atoms with Crippen LogP contribution in [-0.2, 0) is 0 Å². The molecule has 0 amide bonds. The maximum Gasteiger partial charge on any atom is 0.0430 e. The van der Waals surface area contributed by atoms with E-state index in [1.54, 1.807) is 0 Å². The van der Waals surface area contributed by atoms with Crippen LogP contribution in [0.15, 0.2) is 0 Å². The van der Waals surface area contributed by atoms with E-state index in [-0.39, 0.29) is 0 Å². The van der Waals surface area contributed by atoms with E-state index >= 15 is 0 Å². The van der Waals surface area contributed by atoms with Crippen LogP contribution in [0, 0.1) is 5.41 Å². The van der Waals surface area contributed by atoms with Crippen molar-refractivity contribution in [3.8, 4) is 0 Å². The van der Waals surface area contributed by atoms with Crippen molar-refractivity contribution >= 4 is 0 Å². The second-order valence-corrected chi connectivity index (χ2v) is 5.15. The maximum absolute atomic E-state index is 8.07. The van der Waals surface area contributed by atoms with E-state index in [1.165, 1.54) is 25.7 Å². The van der Waals surface area contributed by atoms with Gasteiger partial charge in [0.05, 0.1) is 0 Å². The Balaban J connectivity index is 0.000000336. The van der Waals surface area contributed by atoms with Crippen molar-refractivity contribution in [2.24, 2.45) is 5.41 Å². The summed E-state index contributed by atoms with van der Waals surface area (Å²) in [5.41, 5.74) is 0.535. The zero-order valence-corrected chi connectivity index (χ0v) is 11.0. The molecular formula is C13H29NO. The van der Waals surface area contributed by atoms with Crippen LogP contribution < -0.4 is 5.32 Å². The predicted molar refractivity (Wildman–Crippen MR) is 67.1 cm³/mol. The Morgan fingerprint density at radius 2 is 2.00 bits per heavy atom. The van der Waals surface area contributed by atoms with Gasteiger partial charge in [0.15, 0.2) is 0 Å². The third-order valence-electron chi connectivity index (χ3n) is 3.37. The normalized spacial score (nSPS) is 24.2. The van der Waals surface area contributed by atoms with E-state index in [0.29, 0.717) is 12.0 Å². The fourth-order valence-electron chi connectivity index (χ4n) is 2.19. The molecule has 0 aromatic rings. The second kappa shape index (κ2) is 8.12. The molecule has 0 radical (unpaired) electrons. The van der Waals surface area contributed by atoms with Gasteiger partial charge in [-0.15, -0.1) is 0 Å². The summed E-state index contributed by atoms with van der Waals surface area (Å²) in [5, 5.41) is 11.5. The molecule has 0 saturated heterocycles. The van der Waals surface area contributed by atoms with Crippen molar-refractivity contribution in [1.82, 2.24) is 5.32 Å². The van der Waals surface area contributed by atoms with Gasteiger partial charge in [-0.1, -0.05) is 40.0 Å². The molecule has 2 N–H and O–H groups in total. The molecular weight excluding hydrogens is 186 g/mol. The lowest BCUT2D eigenvalue weighted by Crippen LogP contribution is -2.42. The summed E-state index contributed by atoms with van der Waals surface area (Å²) in [7, 11) is 2.08. The smallest absolute Gasteiger partial charge is 0.0430 e. The Bertz CT molecular complexity index is 143. The molecule has 2 nitrogen and oxygen atoms in total. The number of aliphatic hydroxyl groups is 1. The van der Waals surface area contributed by atoms with Crippen molar-refractivity contribution in [2.45, 2.75) is 65.3 Å². The van der Waals surface area contributed by atoms with Gasteiger partial charge in [0, 0.05) is 12.6 Å². The molecule has 1 atom stereocenters. The third kappa shape index (κ3) is 6.16. The highest BCUT2D eigenvalue weighted by Crippen LogP contribution is 2.34. The van der Waals surface area contributed by atoms with Gasteiger partial charge in [-0.05, 0) is 31.7 Å². The van der Waals surface area contributed by atoms with Crippen molar-refractivity contribution in [2.75, 3.05) is 13.7 Å². The number of nitrogens with one attached hydrogen (secondary N) is 1. The Morgan fingerprint density at radius 3 is 2.27 bits per heavy atom. The molecule has 0 spiro atoms. The summed E-state index contributed by atoms with van der Waals surface area (Å²) in [5.74, 6) is 0. The average Bonchev–Trinajstić information content (AvgIpc) is 2.19. The first kappa shape index (κ1) is 14.9. The standard InChI is InChI=1S/C9H19N.C4H10O/c1-9(2)7-5-4-6-8(9)10-3;1-2-3-4-5/h8,10H,4-7H2,1-3H3;5H,2-4H2,1H3. The molecule has 0 bridgehead atoms. The first-order chi connectivity index (χ1) is 7.08. The van der Waals surface area contributed by atoms with Crippen LogP contribution in [0.1, 0.15) is 59.3 Å². The molecule has 1 unspecified atom stereocenters. The molecule has 2 heteroatoms. The first-order valence-corrected chi connectivity index (χ1v) is 6.36. The molecule has 1 rings (SSSR count). The minimum Gasteiger partial charge on any atom is -0.396 e. The number of hydrogen-bond acceptors (Lipinski definition) is 2.